The minimum atomic E-state index is -0.813. The second-order valence-corrected chi connectivity index (χ2v) is 4.50. The van der Waals surface area contributed by atoms with Gasteiger partial charge < -0.3 is 15.2 Å². The summed E-state index contributed by atoms with van der Waals surface area (Å²) in [5.41, 5.74) is -0.294. The SMILES string of the molecule is COC(=O)/C(NC1=NCC(C)S1)=C(\O)C=O. The highest BCUT2D eigenvalue weighted by molar-refractivity contribution is 8.14. The Morgan fingerprint density at radius 2 is 2.44 bits per heavy atom. The molecule has 0 aromatic rings. The molecule has 0 radical (unpaired) electrons. The van der Waals surface area contributed by atoms with Gasteiger partial charge in [-0.05, 0) is 0 Å². The number of amidine groups is 1. The Bertz CT molecular complexity index is 365. The van der Waals surface area contributed by atoms with Crippen LogP contribution in [0.2, 0.25) is 0 Å². The minimum absolute atomic E-state index is 0.170. The van der Waals surface area contributed by atoms with Gasteiger partial charge >= 0.3 is 5.97 Å². The van der Waals surface area contributed by atoms with E-state index in [4.69, 9.17) is 0 Å². The van der Waals surface area contributed by atoms with Crippen LogP contribution in [0.15, 0.2) is 16.4 Å². The van der Waals surface area contributed by atoms with E-state index in [1.807, 2.05) is 6.92 Å². The summed E-state index contributed by atoms with van der Waals surface area (Å²) >= 11 is 1.42. The van der Waals surface area contributed by atoms with Crippen LogP contribution in [0.25, 0.3) is 0 Å². The van der Waals surface area contributed by atoms with Crippen molar-refractivity contribution in [2.75, 3.05) is 13.7 Å². The summed E-state index contributed by atoms with van der Waals surface area (Å²) in [5, 5.41) is 12.6. The average Bonchev–Trinajstić information content (AvgIpc) is 2.69. The standard InChI is InChI=1S/C9H12N2O4S/c1-5-3-10-9(16-5)11-7(6(13)4-12)8(14)15-2/h4-5,13H,3H2,1-2H3,(H,10,11)/b7-6+. The van der Waals surface area contributed by atoms with E-state index in [-0.39, 0.29) is 12.0 Å². The van der Waals surface area contributed by atoms with Gasteiger partial charge in [-0.3, -0.25) is 9.79 Å². The summed E-state index contributed by atoms with van der Waals surface area (Å²) in [4.78, 5) is 25.7. The third-order valence-electron chi connectivity index (χ3n) is 1.79. The number of allylic oxidation sites excluding steroid dienone is 1. The summed E-state index contributed by atoms with van der Waals surface area (Å²) in [7, 11) is 1.16. The maximum absolute atomic E-state index is 11.3. The van der Waals surface area contributed by atoms with Crippen LogP contribution in [-0.2, 0) is 14.3 Å². The van der Waals surface area contributed by atoms with E-state index >= 15 is 0 Å². The monoisotopic (exact) mass is 244 g/mol. The normalized spacial score (nSPS) is 20.9. The molecular formula is C9H12N2O4S. The molecule has 0 aromatic heterocycles. The predicted molar refractivity (Wildman–Crippen MR) is 60.2 cm³/mol. The van der Waals surface area contributed by atoms with Crippen molar-refractivity contribution < 1.29 is 19.4 Å². The van der Waals surface area contributed by atoms with Crippen molar-refractivity contribution in [1.29, 1.82) is 0 Å². The van der Waals surface area contributed by atoms with Gasteiger partial charge in [0.2, 0.25) is 0 Å². The number of methoxy groups -OCH3 is 1. The summed E-state index contributed by atoms with van der Waals surface area (Å²) < 4.78 is 4.43. The van der Waals surface area contributed by atoms with Gasteiger partial charge in [0.05, 0.1) is 13.7 Å². The fraction of sp³-hybridized carbons (Fsp3) is 0.444. The van der Waals surface area contributed by atoms with Gasteiger partial charge in [-0.2, -0.15) is 0 Å². The number of aliphatic hydroxyl groups is 1. The second-order valence-electron chi connectivity index (χ2n) is 3.07. The van der Waals surface area contributed by atoms with Crippen molar-refractivity contribution in [3.05, 3.63) is 11.5 Å². The number of carbonyl (C=O) groups excluding carboxylic acids is 2. The molecule has 0 bridgehead atoms. The highest BCUT2D eigenvalue weighted by atomic mass is 32.2. The van der Waals surface area contributed by atoms with Crippen molar-refractivity contribution in [1.82, 2.24) is 5.32 Å². The molecule has 1 heterocycles. The number of aliphatic imine (C=N–C) groups is 1. The molecule has 1 aliphatic heterocycles. The molecular weight excluding hydrogens is 232 g/mol. The van der Waals surface area contributed by atoms with Gasteiger partial charge in [0.25, 0.3) is 0 Å². The zero-order valence-corrected chi connectivity index (χ0v) is 9.71. The van der Waals surface area contributed by atoms with E-state index in [1.54, 1.807) is 0 Å². The quantitative estimate of drug-likeness (QED) is 0.319. The number of aldehydes is 1. The van der Waals surface area contributed by atoms with Gasteiger partial charge in [-0.1, -0.05) is 18.7 Å². The molecule has 0 amide bonds. The molecule has 0 aliphatic carbocycles. The number of hydrogen-bond acceptors (Lipinski definition) is 7. The third-order valence-corrected chi connectivity index (χ3v) is 2.80. The lowest BCUT2D eigenvalue weighted by atomic mass is 10.4. The maximum Gasteiger partial charge on any atom is 0.358 e. The van der Waals surface area contributed by atoms with Crippen molar-refractivity contribution in [2.24, 2.45) is 4.99 Å². The minimum Gasteiger partial charge on any atom is -0.503 e. The first-order valence-corrected chi connectivity index (χ1v) is 5.41. The van der Waals surface area contributed by atoms with E-state index in [2.05, 4.69) is 15.0 Å². The summed E-state index contributed by atoms with van der Waals surface area (Å²) in [6, 6.07) is 0. The molecule has 0 saturated heterocycles. The van der Waals surface area contributed by atoms with Crippen LogP contribution < -0.4 is 5.32 Å². The number of nitrogens with one attached hydrogen (secondary N) is 1. The van der Waals surface area contributed by atoms with E-state index in [1.165, 1.54) is 11.8 Å². The van der Waals surface area contributed by atoms with Gasteiger partial charge in [0, 0.05) is 5.25 Å². The van der Waals surface area contributed by atoms with E-state index in [0.29, 0.717) is 17.0 Å². The first-order chi connectivity index (χ1) is 7.58. The van der Waals surface area contributed by atoms with Crippen LogP contribution in [0, 0.1) is 0 Å². The highest BCUT2D eigenvalue weighted by Crippen LogP contribution is 2.19. The molecule has 1 unspecified atom stereocenters. The predicted octanol–water partition coefficient (Wildman–Crippen LogP) is 0.209. The van der Waals surface area contributed by atoms with Gasteiger partial charge in [0.15, 0.2) is 22.9 Å². The van der Waals surface area contributed by atoms with Gasteiger partial charge in [-0.25, -0.2) is 4.79 Å². The first kappa shape index (κ1) is 12.6. The lowest BCUT2D eigenvalue weighted by Gasteiger charge is -2.08. The van der Waals surface area contributed by atoms with Crippen molar-refractivity contribution in [3.8, 4) is 0 Å². The van der Waals surface area contributed by atoms with Crippen LogP contribution in [0.4, 0.5) is 0 Å². The summed E-state index contributed by atoms with van der Waals surface area (Å²) in [5.74, 6) is -1.51. The largest absolute Gasteiger partial charge is 0.503 e. The molecule has 0 saturated carbocycles. The second kappa shape index (κ2) is 5.55. The molecule has 2 N–H and O–H groups in total. The van der Waals surface area contributed by atoms with Crippen LogP contribution in [0.5, 0.6) is 0 Å². The lowest BCUT2D eigenvalue weighted by Crippen LogP contribution is -2.27. The Morgan fingerprint density at radius 1 is 1.75 bits per heavy atom. The summed E-state index contributed by atoms with van der Waals surface area (Å²) in [6.45, 7) is 2.60. The number of ether oxygens (including phenoxy) is 1. The van der Waals surface area contributed by atoms with Crippen molar-refractivity contribution >= 4 is 29.2 Å². The van der Waals surface area contributed by atoms with Crippen LogP contribution >= 0.6 is 11.8 Å². The smallest absolute Gasteiger partial charge is 0.358 e. The van der Waals surface area contributed by atoms with Gasteiger partial charge in [-0.15, -0.1) is 0 Å². The molecule has 0 spiro atoms. The zero-order valence-electron chi connectivity index (χ0n) is 8.89. The molecule has 88 valence electrons. The van der Waals surface area contributed by atoms with E-state index in [9.17, 15) is 14.7 Å². The molecule has 1 atom stereocenters. The number of nitrogens with zero attached hydrogens (tertiary/aromatic N) is 1. The molecule has 7 heteroatoms. The van der Waals surface area contributed by atoms with Crippen molar-refractivity contribution in [3.63, 3.8) is 0 Å². The molecule has 16 heavy (non-hydrogen) atoms. The van der Waals surface area contributed by atoms with E-state index in [0.717, 1.165) is 7.11 Å². The fourth-order valence-corrected chi connectivity index (χ4v) is 1.87. The molecule has 6 nitrogen and oxygen atoms in total. The highest BCUT2D eigenvalue weighted by Gasteiger charge is 2.21. The Hall–Kier alpha value is -1.50. The molecule has 1 rings (SSSR count). The molecule has 1 aliphatic rings. The summed E-state index contributed by atoms with van der Waals surface area (Å²) in [6.07, 6.45) is 0.170. The third kappa shape index (κ3) is 2.99. The molecule has 0 fully saturated rings. The van der Waals surface area contributed by atoms with Crippen molar-refractivity contribution in [2.45, 2.75) is 12.2 Å². The van der Waals surface area contributed by atoms with Crippen LogP contribution in [0.3, 0.4) is 0 Å². The number of esters is 1. The van der Waals surface area contributed by atoms with Crippen LogP contribution in [-0.4, -0.2) is 41.4 Å². The first-order valence-electron chi connectivity index (χ1n) is 4.53. The number of aliphatic hydroxyl groups excluding tert-OH is 1. The zero-order chi connectivity index (χ0) is 12.1. The Morgan fingerprint density at radius 3 is 2.88 bits per heavy atom. The van der Waals surface area contributed by atoms with Gasteiger partial charge in [0.1, 0.15) is 0 Å². The number of rotatable bonds is 3. The average molecular weight is 244 g/mol. The topological polar surface area (TPSA) is 88.0 Å². The number of hydrogen-bond donors (Lipinski definition) is 2. The van der Waals surface area contributed by atoms with Crippen LogP contribution in [0.1, 0.15) is 6.92 Å². The fourth-order valence-electron chi connectivity index (χ4n) is 1.03. The number of thioether (sulfide) groups is 1. The Balaban J connectivity index is 2.80. The lowest BCUT2D eigenvalue weighted by molar-refractivity contribution is -0.136. The van der Waals surface area contributed by atoms with E-state index < -0.39 is 11.7 Å². The number of carbonyl (C=O) groups is 2. The maximum atomic E-state index is 11.3. The molecule has 0 aromatic carbocycles. The Kier molecular flexibility index (Phi) is 4.36. The Labute approximate surface area is 96.8 Å².